The lowest BCUT2D eigenvalue weighted by Crippen LogP contribution is -2.48. The topological polar surface area (TPSA) is 246 Å². The SMILES string of the molecule is CC(C)N1C(=O)c2ccccc2NS1(=O)=O.CC(C)OC(=O)c1cc(-n2c(=O)cc(C(F)(F)F)n(C)c2=O)ccc1Cl.C[S+](C)C.O=C(O)CNCP(=O)([O-])O. The summed E-state index contributed by atoms with van der Waals surface area (Å²) in [7, 11) is -6.57. The molecule has 0 radical (unpaired) electrons. The smallest absolute Gasteiger partial charge is 0.431 e. The number of hydrogen-bond donors (Lipinski definition) is 4. The largest absolute Gasteiger partial charge is 0.778 e. The van der Waals surface area contributed by atoms with Crippen molar-refractivity contribution in [1.82, 2.24) is 18.8 Å². The number of nitrogens with one attached hydrogen (secondary N) is 2. The minimum absolute atomic E-state index is 0.0104. The van der Waals surface area contributed by atoms with Crippen LogP contribution < -0.4 is 26.2 Å². The molecule has 2 aromatic carbocycles. The van der Waals surface area contributed by atoms with E-state index in [1.54, 1.807) is 52.0 Å². The lowest BCUT2D eigenvalue weighted by Gasteiger charge is -2.31. The van der Waals surface area contributed by atoms with Crippen LogP contribution in [0.5, 0.6) is 0 Å². The molecule has 0 aliphatic carbocycles. The van der Waals surface area contributed by atoms with Crippen molar-refractivity contribution < 1.29 is 60.2 Å². The molecule has 0 bridgehead atoms. The number of carboxylic acid groups (broad SMARTS) is 1. The van der Waals surface area contributed by atoms with Crippen LogP contribution >= 0.6 is 19.2 Å². The van der Waals surface area contributed by atoms with Crippen molar-refractivity contribution >= 4 is 63.8 Å². The Morgan fingerprint density at radius 2 is 1.61 bits per heavy atom. The molecule has 1 aliphatic heterocycles. The molecule has 3 aromatic rings. The number of aliphatic carboxylic acids is 1. The fourth-order valence-electron chi connectivity index (χ4n) is 4.21. The average molecular weight is 876 g/mol. The Kier molecular flexibility index (Phi) is 18.5. The maximum atomic E-state index is 12.9. The van der Waals surface area contributed by atoms with Crippen molar-refractivity contribution in [3.8, 4) is 5.69 Å². The van der Waals surface area contributed by atoms with E-state index in [9.17, 15) is 55.0 Å². The summed E-state index contributed by atoms with van der Waals surface area (Å²) in [6, 6.07) is 10.1. The first-order chi connectivity index (χ1) is 25.5. The summed E-state index contributed by atoms with van der Waals surface area (Å²) in [5, 5.41) is 9.98. The summed E-state index contributed by atoms with van der Waals surface area (Å²) < 4.78 is 81.3. The van der Waals surface area contributed by atoms with Crippen molar-refractivity contribution in [2.24, 2.45) is 7.05 Å². The monoisotopic (exact) mass is 875 g/mol. The van der Waals surface area contributed by atoms with E-state index < -0.39 is 83.7 Å². The average Bonchev–Trinajstić information content (AvgIpc) is 3.01. The molecular weight excluding hydrogens is 834 g/mol. The Balaban J connectivity index is 0.000000442. The lowest BCUT2D eigenvalue weighted by atomic mass is 10.1. The fraction of sp³-hybridized carbons (Fsp3) is 0.406. The minimum atomic E-state index is -4.86. The number of anilines is 1. The molecule has 56 heavy (non-hydrogen) atoms. The van der Waals surface area contributed by atoms with Crippen LogP contribution in [0, 0.1) is 0 Å². The quantitative estimate of drug-likeness (QED) is 0.145. The second-order valence-corrected chi connectivity index (χ2v) is 18.3. The number of fused-ring (bicyclic) bond motifs is 1. The highest BCUT2D eigenvalue weighted by atomic mass is 35.5. The highest BCUT2D eigenvalue weighted by molar-refractivity contribution is 7.94. The predicted octanol–water partition coefficient (Wildman–Crippen LogP) is 2.64. The van der Waals surface area contributed by atoms with Gasteiger partial charge in [0, 0.05) is 19.2 Å². The molecule has 24 heteroatoms. The number of amides is 1. The number of nitrogens with zero attached hydrogens (tertiary/aromatic N) is 3. The van der Waals surface area contributed by atoms with Gasteiger partial charge in [-0.05, 0) is 68.9 Å². The number of para-hydroxylation sites is 1. The van der Waals surface area contributed by atoms with Gasteiger partial charge in [-0.1, -0.05) is 23.7 Å². The standard InChI is InChI=1S/C16H14ClF3N2O4.C10H12N2O3S.C3H8NO5P.C3H9S/c1-8(2)26-14(24)10-6-9(4-5-11(10)17)22-13(23)7-12(16(18,19)20)21(3)15(22)25;1-7(2)12-10(13)8-5-3-4-6-9(8)11-16(12,14)15;5-3(6)1-4-2-10(7,8)9;1-4(2)3/h4-8H,1-3H3;3-7,11H,1-2H3;4H,1-2H2,(H,5,6)(H2,7,8,9);1-3H3/q;;;+1/p-1. The maximum absolute atomic E-state index is 12.9. The molecule has 1 aliphatic rings. The highest BCUT2D eigenvalue weighted by Crippen LogP contribution is 2.29. The van der Waals surface area contributed by atoms with Gasteiger partial charge >= 0.3 is 34.0 Å². The highest BCUT2D eigenvalue weighted by Gasteiger charge is 2.37. The molecule has 0 spiro atoms. The van der Waals surface area contributed by atoms with E-state index in [4.69, 9.17) is 26.3 Å². The van der Waals surface area contributed by atoms with Crippen molar-refractivity contribution in [2.45, 2.75) is 46.0 Å². The first kappa shape index (κ1) is 49.8. The van der Waals surface area contributed by atoms with Gasteiger partial charge in [0.25, 0.3) is 11.5 Å². The van der Waals surface area contributed by atoms with Crippen LogP contribution in [0.2, 0.25) is 5.02 Å². The zero-order valence-electron chi connectivity index (χ0n) is 31.3. The van der Waals surface area contributed by atoms with Crippen LogP contribution in [-0.4, -0.2) is 93.4 Å². The number of halogens is 4. The predicted molar refractivity (Wildman–Crippen MR) is 204 cm³/mol. The van der Waals surface area contributed by atoms with Crippen LogP contribution in [0.25, 0.3) is 5.69 Å². The second-order valence-electron chi connectivity index (χ2n) is 12.3. The number of carbonyl (C=O) groups excluding carboxylic acids is 2. The number of ether oxygens (including phenoxy) is 1. The molecule has 0 saturated carbocycles. The van der Waals surface area contributed by atoms with E-state index in [-0.39, 0.29) is 16.3 Å². The molecule has 0 saturated heterocycles. The molecule has 2 heterocycles. The molecule has 0 fully saturated rings. The minimum Gasteiger partial charge on any atom is -0.778 e. The van der Waals surface area contributed by atoms with Crippen LogP contribution in [0.15, 0.2) is 58.1 Å². The van der Waals surface area contributed by atoms with Gasteiger partial charge in [-0.3, -0.25) is 29.0 Å². The van der Waals surface area contributed by atoms with Crippen LogP contribution in [0.1, 0.15) is 54.1 Å². The Hall–Kier alpha value is -4.18. The molecule has 1 amide bonds. The number of rotatable bonds is 8. The Labute approximate surface area is 328 Å². The first-order valence-electron chi connectivity index (χ1n) is 15.8. The summed E-state index contributed by atoms with van der Waals surface area (Å²) in [6.45, 7) is 6.07. The third kappa shape index (κ3) is 15.4. The van der Waals surface area contributed by atoms with Gasteiger partial charge in [0.2, 0.25) is 0 Å². The zero-order valence-corrected chi connectivity index (χ0v) is 34.6. The van der Waals surface area contributed by atoms with Crippen LogP contribution in [0.3, 0.4) is 0 Å². The fourth-order valence-corrected chi connectivity index (χ4v) is 6.23. The Morgan fingerprint density at radius 1 is 1.05 bits per heavy atom. The number of aromatic nitrogens is 2. The van der Waals surface area contributed by atoms with Gasteiger partial charge in [-0.25, -0.2) is 18.5 Å². The molecule has 1 atom stereocenters. The van der Waals surface area contributed by atoms with Crippen molar-refractivity contribution in [2.75, 3.05) is 36.3 Å². The Bertz CT molecular complexity index is 2160. The summed E-state index contributed by atoms with van der Waals surface area (Å²) in [5.74, 6) is -2.44. The van der Waals surface area contributed by atoms with E-state index >= 15 is 0 Å². The van der Waals surface area contributed by atoms with Gasteiger partial charge in [-0.2, -0.15) is 21.6 Å². The van der Waals surface area contributed by atoms with E-state index in [1.165, 1.54) is 12.1 Å². The number of esters is 1. The molecule has 4 rings (SSSR count). The first-order valence-corrected chi connectivity index (χ1v) is 21.9. The number of carbonyl (C=O) groups is 3. The number of benzene rings is 2. The van der Waals surface area contributed by atoms with E-state index in [0.717, 1.165) is 17.4 Å². The van der Waals surface area contributed by atoms with Crippen molar-refractivity contribution in [3.05, 3.63) is 91.2 Å². The van der Waals surface area contributed by atoms with Gasteiger partial charge in [0.1, 0.15) is 13.3 Å². The molecule has 1 unspecified atom stereocenters. The van der Waals surface area contributed by atoms with Gasteiger partial charge in [0.15, 0.2) is 0 Å². The van der Waals surface area contributed by atoms with E-state index in [0.29, 0.717) is 37.3 Å². The van der Waals surface area contributed by atoms with Crippen molar-refractivity contribution in [1.29, 1.82) is 0 Å². The summed E-state index contributed by atoms with van der Waals surface area (Å²) in [4.78, 5) is 76.2. The molecule has 17 nitrogen and oxygen atoms in total. The van der Waals surface area contributed by atoms with Crippen molar-refractivity contribution in [3.63, 3.8) is 0 Å². The van der Waals surface area contributed by atoms with E-state index in [2.05, 4.69) is 23.5 Å². The molecule has 4 N–H and O–H groups in total. The molecular formula is C32H42ClF3N5O12PS2. The number of alkyl halides is 3. The summed E-state index contributed by atoms with van der Waals surface area (Å²) >= 11 is 5.94. The Morgan fingerprint density at radius 3 is 2.09 bits per heavy atom. The summed E-state index contributed by atoms with van der Waals surface area (Å²) in [5.41, 5.74) is -3.29. The third-order valence-electron chi connectivity index (χ3n) is 6.29. The van der Waals surface area contributed by atoms with E-state index in [1.807, 2.05) is 5.32 Å². The summed E-state index contributed by atoms with van der Waals surface area (Å²) in [6.07, 6.45) is 0.571. The van der Waals surface area contributed by atoms with Gasteiger partial charge in [-0.15, -0.1) is 0 Å². The number of hydrogen-bond acceptors (Lipinski definition) is 11. The van der Waals surface area contributed by atoms with Gasteiger partial charge < -0.3 is 24.2 Å². The van der Waals surface area contributed by atoms with Crippen LogP contribution in [0.4, 0.5) is 18.9 Å². The molecule has 312 valence electrons. The zero-order chi connectivity index (χ0) is 43.5. The third-order valence-corrected chi connectivity index (χ3v) is 8.83. The molecule has 1 aromatic heterocycles. The van der Waals surface area contributed by atoms with Gasteiger partial charge in [0.05, 0.1) is 65.2 Å². The normalized spacial score (nSPS) is 14.2. The number of carboxylic acids is 1. The maximum Gasteiger partial charge on any atom is 0.431 e. The second kappa shape index (κ2) is 20.8. The lowest BCUT2D eigenvalue weighted by molar-refractivity contribution is -0.193. The van der Waals surface area contributed by atoms with Crippen LogP contribution in [-0.2, 0) is 48.4 Å².